The first kappa shape index (κ1) is 18.2. The fourth-order valence-corrected chi connectivity index (χ4v) is 3.50. The minimum Gasteiger partial charge on any atom is -0.480 e. The fourth-order valence-electron chi connectivity index (χ4n) is 2.25. The molecule has 1 aromatic rings. The Bertz CT molecular complexity index is 746. The molecule has 1 aliphatic heterocycles. The number of hydrogen-bond acceptors (Lipinski definition) is 5. The second-order valence-electron chi connectivity index (χ2n) is 5.56. The van der Waals surface area contributed by atoms with Crippen molar-refractivity contribution in [3.63, 3.8) is 0 Å². The van der Waals surface area contributed by atoms with E-state index < -0.39 is 28.1 Å². The van der Waals surface area contributed by atoms with Gasteiger partial charge in [-0.15, -0.1) is 0 Å². The lowest BCUT2D eigenvalue weighted by molar-refractivity contribution is -0.139. The van der Waals surface area contributed by atoms with E-state index in [4.69, 9.17) is 9.84 Å². The molecule has 0 spiro atoms. The molecule has 2 atom stereocenters. The van der Waals surface area contributed by atoms with Gasteiger partial charge in [0.1, 0.15) is 11.8 Å². The molecule has 0 radical (unpaired) electrons. The zero-order valence-electron chi connectivity index (χ0n) is 13.4. The highest BCUT2D eigenvalue weighted by molar-refractivity contribution is 7.89. The van der Waals surface area contributed by atoms with Crippen molar-refractivity contribution in [3.8, 4) is 5.75 Å². The standard InChI is InChI=1S/C15H20N2O6S/c1-3-4-5-11(15(19)20)17-24(21,22)10-6-7-13-12(8-10)16-14(18)9(2)23-13/h6-9,11,17H,3-5H2,1-2H3,(H,16,18)(H,19,20)/t9-,11+/m0/s1. The zero-order valence-corrected chi connectivity index (χ0v) is 14.2. The molecule has 2 rings (SSSR count). The van der Waals surface area contributed by atoms with Crippen molar-refractivity contribution < 1.29 is 27.9 Å². The van der Waals surface area contributed by atoms with Crippen LogP contribution in [0.25, 0.3) is 0 Å². The van der Waals surface area contributed by atoms with E-state index in [2.05, 4.69) is 10.0 Å². The van der Waals surface area contributed by atoms with Gasteiger partial charge in [0.2, 0.25) is 10.0 Å². The van der Waals surface area contributed by atoms with Crippen LogP contribution in [0.5, 0.6) is 5.75 Å². The number of carboxylic acids is 1. The van der Waals surface area contributed by atoms with Gasteiger partial charge in [-0.2, -0.15) is 4.72 Å². The lowest BCUT2D eigenvalue weighted by Gasteiger charge is -2.24. The summed E-state index contributed by atoms with van der Waals surface area (Å²) in [5, 5.41) is 11.7. The topological polar surface area (TPSA) is 122 Å². The summed E-state index contributed by atoms with van der Waals surface area (Å²) in [6.45, 7) is 3.47. The normalized spacial score (nSPS) is 18.2. The van der Waals surface area contributed by atoms with Crippen molar-refractivity contribution in [2.75, 3.05) is 5.32 Å². The summed E-state index contributed by atoms with van der Waals surface area (Å²) in [6, 6.07) is 2.79. The van der Waals surface area contributed by atoms with E-state index in [9.17, 15) is 18.0 Å². The number of sulfonamides is 1. The third-order valence-corrected chi connectivity index (χ3v) is 5.10. The molecule has 8 nitrogen and oxygen atoms in total. The SMILES string of the molecule is CCCC[C@@H](NS(=O)(=O)c1ccc2c(c1)NC(=O)[C@H](C)O2)C(=O)O. The lowest BCUT2D eigenvalue weighted by atomic mass is 10.1. The summed E-state index contributed by atoms with van der Waals surface area (Å²) in [6.07, 6.45) is 0.883. The maximum Gasteiger partial charge on any atom is 0.321 e. The van der Waals surface area contributed by atoms with Gasteiger partial charge in [-0.25, -0.2) is 8.42 Å². The second kappa shape index (κ2) is 7.18. The van der Waals surface area contributed by atoms with Gasteiger partial charge in [0.05, 0.1) is 10.6 Å². The summed E-state index contributed by atoms with van der Waals surface area (Å²) < 4.78 is 32.4. The van der Waals surface area contributed by atoms with Gasteiger partial charge in [0.25, 0.3) is 5.91 Å². The van der Waals surface area contributed by atoms with Crippen LogP contribution in [0.1, 0.15) is 33.1 Å². The smallest absolute Gasteiger partial charge is 0.321 e. The van der Waals surface area contributed by atoms with Crippen LogP contribution in [-0.4, -0.2) is 37.5 Å². The van der Waals surface area contributed by atoms with Crippen LogP contribution in [0.15, 0.2) is 23.1 Å². The minimum atomic E-state index is -4.04. The largest absolute Gasteiger partial charge is 0.480 e. The Morgan fingerprint density at radius 2 is 2.17 bits per heavy atom. The molecule has 0 aliphatic carbocycles. The highest BCUT2D eigenvalue weighted by Crippen LogP contribution is 2.31. The average Bonchev–Trinajstić information content (AvgIpc) is 2.51. The van der Waals surface area contributed by atoms with Gasteiger partial charge in [-0.1, -0.05) is 19.8 Å². The summed E-state index contributed by atoms with van der Waals surface area (Å²) in [5.74, 6) is -1.24. The second-order valence-corrected chi connectivity index (χ2v) is 7.28. The molecule has 9 heteroatoms. The van der Waals surface area contributed by atoms with Crippen molar-refractivity contribution in [2.45, 2.75) is 50.2 Å². The van der Waals surface area contributed by atoms with E-state index >= 15 is 0 Å². The number of hydrogen-bond donors (Lipinski definition) is 3. The van der Waals surface area contributed by atoms with Gasteiger partial charge >= 0.3 is 5.97 Å². The summed E-state index contributed by atoms with van der Waals surface area (Å²) in [5.41, 5.74) is 0.237. The van der Waals surface area contributed by atoms with E-state index in [1.54, 1.807) is 6.92 Å². The van der Waals surface area contributed by atoms with Crippen LogP contribution in [-0.2, 0) is 19.6 Å². The number of unbranched alkanes of at least 4 members (excludes halogenated alkanes) is 1. The van der Waals surface area contributed by atoms with E-state index in [0.717, 1.165) is 6.42 Å². The number of carbonyl (C=O) groups excluding carboxylic acids is 1. The lowest BCUT2D eigenvalue weighted by Crippen LogP contribution is -2.40. The van der Waals surface area contributed by atoms with Crippen LogP contribution >= 0.6 is 0 Å². The zero-order chi connectivity index (χ0) is 17.9. The van der Waals surface area contributed by atoms with E-state index in [0.29, 0.717) is 12.2 Å². The summed E-state index contributed by atoms with van der Waals surface area (Å²) in [4.78, 5) is 22.7. The number of amides is 1. The number of nitrogens with one attached hydrogen (secondary N) is 2. The first-order valence-corrected chi connectivity index (χ1v) is 9.09. The van der Waals surface area contributed by atoms with Gasteiger partial charge in [-0.05, 0) is 31.5 Å². The van der Waals surface area contributed by atoms with E-state index in [1.807, 2.05) is 6.92 Å². The highest BCUT2D eigenvalue weighted by atomic mass is 32.2. The molecule has 0 unspecified atom stereocenters. The summed E-state index contributed by atoms with van der Waals surface area (Å²) >= 11 is 0. The average molecular weight is 356 g/mol. The molecule has 0 bridgehead atoms. The van der Waals surface area contributed by atoms with Crippen molar-refractivity contribution >= 4 is 27.6 Å². The number of fused-ring (bicyclic) bond motifs is 1. The Balaban J connectivity index is 2.25. The molecule has 0 fully saturated rings. The van der Waals surface area contributed by atoms with Crippen molar-refractivity contribution in [2.24, 2.45) is 0 Å². The van der Waals surface area contributed by atoms with Gasteiger partial charge < -0.3 is 15.2 Å². The predicted octanol–water partition coefficient (Wildman–Crippen LogP) is 1.33. The molecular formula is C15H20N2O6S. The maximum absolute atomic E-state index is 12.4. The maximum atomic E-state index is 12.4. The van der Waals surface area contributed by atoms with Crippen LogP contribution in [0.4, 0.5) is 5.69 Å². The van der Waals surface area contributed by atoms with Crippen LogP contribution < -0.4 is 14.8 Å². The molecule has 0 saturated heterocycles. The number of rotatable bonds is 7. The molecule has 1 aliphatic rings. The monoisotopic (exact) mass is 356 g/mol. The predicted molar refractivity (Wildman–Crippen MR) is 86.4 cm³/mol. The van der Waals surface area contributed by atoms with Gasteiger partial charge in [0.15, 0.2) is 6.10 Å². The third kappa shape index (κ3) is 4.04. The quantitative estimate of drug-likeness (QED) is 0.677. The Hall–Kier alpha value is -2.13. The molecular weight excluding hydrogens is 336 g/mol. The molecule has 0 aromatic heterocycles. The Morgan fingerprint density at radius 3 is 2.79 bits per heavy atom. The molecule has 1 heterocycles. The van der Waals surface area contributed by atoms with E-state index in [1.165, 1.54) is 18.2 Å². The first-order valence-electron chi connectivity index (χ1n) is 7.61. The van der Waals surface area contributed by atoms with Crippen LogP contribution in [0.2, 0.25) is 0 Å². The molecule has 132 valence electrons. The van der Waals surface area contributed by atoms with Crippen LogP contribution in [0.3, 0.4) is 0 Å². The highest BCUT2D eigenvalue weighted by Gasteiger charge is 2.28. The van der Waals surface area contributed by atoms with Crippen molar-refractivity contribution in [1.29, 1.82) is 0 Å². The number of carbonyl (C=O) groups is 2. The number of anilines is 1. The first-order chi connectivity index (χ1) is 11.2. The number of carboxylic acid groups (broad SMARTS) is 1. The summed E-state index contributed by atoms with van der Waals surface area (Å²) in [7, 11) is -4.04. The van der Waals surface area contributed by atoms with Crippen LogP contribution in [0, 0.1) is 0 Å². The van der Waals surface area contributed by atoms with Gasteiger partial charge in [0, 0.05) is 0 Å². The molecule has 0 saturated carbocycles. The Labute approximate surface area is 140 Å². The number of ether oxygens (including phenoxy) is 1. The Morgan fingerprint density at radius 1 is 1.46 bits per heavy atom. The van der Waals surface area contributed by atoms with Crippen molar-refractivity contribution in [1.82, 2.24) is 4.72 Å². The van der Waals surface area contributed by atoms with Gasteiger partial charge in [-0.3, -0.25) is 9.59 Å². The van der Waals surface area contributed by atoms with Crippen molar-refractivity contribution in [3.05, 3.63) is 18.2 Å². The van der Waals surface area contributed by atoms with E-state index in [-0.39, 0.29) is 22.9 Å². The Kier molecular flexibility index (Phi) is 5.45. The third-order valence-electron chi connectivity index (χ3n) is 3.63. The fraction of sp³-hybridized carbons (Fsp3) is 0.467. The molecule has 3 N–H and O–H groups in total. The minimum absolute atomic E-state index is 0.137. The molecule has 24 heavy (non-hydrogen) atoms. The number of benzene rings is 1. The molecule has 1 aromatic carbocycles. The number of aliphatic carboxylic acids is 1. The molecule has 1 amide bonds.